The lowest BCUT2D eigenvalue weighted by atomic mass is 10.2. The summed E-state index contributed by atoms with van der Waals surface area (Å²) in [6, 6.07) is 8.61. The van der Waals surface area contributed by atoms with Crippen molar-refractivity contribution in [2.45, 2.75) is 0 Å². The van der Waals surface area contributed by atoms with E-state index in [0.717, 1.165) is 0 Å². The number of aromatic nitrogens is 1. The molecule has 0 bridgehead atoms. The maximum absolute atomic E-state index is 11.1. The van der Waals surface area contributed by atoms with E-state index in [9.17, 15) is 4.79 Å². The van der Waals surface area contributed by atoms with Crippen LogP contribution in [0.15, 0.2) is 41.1 Å². The molecule has 0 aliphatic heterocycles. The summed E-state index contributed by atoms with van der Waals surface area (Å²) in [6.07, 6.45) is 2.79. The Labute approximate surface area is 117 Å². The molecule has 0 aliphatic rings. The molecule has 6 heteroatoms. The summed E-state index contributed by atoms with van der Waals surface area (Å²) in [4.78, 5) is 14.8. The fraction of sp³-hybridized carbons (Fsp3) is 0. The van der Waals surface area contributed by atoms with Crippen molar-refractivity contribution in [1.82, 2.24) is 4.98 Å². The summed E-state index contributed by atoms with van der Waals surface area (Å²) < 4.78 is 0.680. The molecule has 1 aromatic heterocycles. The lowest BCUT2D eigenvalue weighted by Gasteiger charge is -2.10. The highest BCUT2D eigenvalue weighted by Gasteiger charge is 2.11. The molecule has 19 heavy (non-hydrogen) atoms. The van der Waals surface area contributed by atoms with Gasteiger partial charge in [-0.3, -0.25) is 4.98 Å². The van der Waals surface area contributed by atoms with Gasteiger partial charge in [0.25, 0.3) is 0 Å². The van der Waals surface area contributed by atoms with Gasteiger partial charge in [-0.25, -0.2) is 4.79 Å². The number of pyridine rings is 1. The van der Waals surface area contributed by atoms with E-state index in [0.29, 0.717) is 21.4 Å². The molecule has 0 radical (unpaired) electrons. The van der Waals surface area contributed by atoms with Gasteiger partial charge in [-0.15, -0.1) is 0 Å². The van der Waals surface area contributed by atoms with Crippen molar-refractivity contribution in [3.8, 4) is 6.07 Å². The molecule has 0 spiro atoms. The third kappa shape index (κ3) is 2.89. The second-order valence-electron chi connectivity index (χ2n) is 3.66. The van der Waals surface area contributed by atoms with Gasteiger partial charge >= 0.3 is 5.97 Å². The first kappa shape index (κ1) is 13.1. The highest BCUT2D eigenvalue weighted by molar-refractivity contribution is 9.10. The molecular weight excluding hydrogens is 310 g/mol. The Balaban J connectivity index is 2.37. The van der Waals surface area contributed by atoms with Crippen LogP contribution in [0.3, 0.4) is 0 Å². The highest BCUT2D eigenvalue weighted by Crippen LogP contribution is 2.28. The quantitative estimate of drug-likeness (QED) is 0.908. The van der Waals surface area contributed by atoms with Gasteiger partial charge in [0, 0.05) is 16.9 Å². The van der Waals surface area contributed by atoms with Crippen LogP contribution in [0, 0.1) is 11.3 Å². The number of hydrogen-bond acceptors (Lipinski definition) is 4. The van der Waals surface area contributed by atoms with E-state index in [1.165, 1.54) is 12.4 Å². The van der Waals surface area contributed by atoms with Crippen LogP contribution in [-0.2, 0) is 0 Å². The molecule has 0 amide bonds. The molecular formula is C13H8BrN3O2. The topological polar surface area (TPSA) is 86.0 Å². The van der Waals surface area contributed by atoms with Crippen LogP contribution in [0.25, 0.3) is 0 Å². The molecule has 2 rings (SSSR count). The SMILES string of the molecule is N#Cc1ccc(Nc2ccncc2C(=O)O)c(Br)c1. The zero-order valence-corrected chi connectivity index (χ0v) is 11.2. The minimum Gasteiger partial charge on any atom is -0.478 e. The summed E-state index contributed by atoms with van der Waals surface area (Å²) in [7, 11) is 0. The number of anilines is 2. The second kappa shape index (κ2) is 5.50. The zero-order chi connectivity index (χ0) is 13.8. The first-order chi connectivity index (χ1) is 9.11. The number of carbonyl (C=O) groups is 1. The molecule has 2 N–H and O–H groups in total. The summed E-state index contributed by atoms with van der Waals surface area (Å²) in [6.45, 7) is 0. The van der Waals surface area contributed by atoms with Crippen molar-refractivity contribution < 1.29 is 9.90 Å². The number of benzene rings is 1. The second-order valence-corrected chi connectivity index (χ2v) is 4.51. The molecule has 0 atom stereocenters. The van der Waals surface area contributed by atoms with E-state index in [4.69, 9.17) is 10.4 Å². The largest absolute Gasteiger partial charge is 0.478 e. The van der Waals surface area contributed by atoms with Gasteiger partial charge in [-0.05, 0) is 40.2 Å². The van der Waals surface area contributed by atoms with Crippen LogP contribution in [0.5, 0.6) is 0 Å². The van der Waals surface area contributed by atoms with Gasteiger partial charge in [0.2, 0.25) is 0 Å². The lowest BCUT2D eigenvalue weighted by Crippen LogP contribution is -2.03. The van der Waals surface area contributed by atoms with E-state index in [2.05, 4.69) is 26.2 Å². The van der Waals surface area contributed by atoms with E-state index in [-0.39, 0.29) is 5.56 Å². The van der Waals surface area contributed by atoms with Gasteiger partial charge in [0.1, 0.15) is 5.56 Å². The third-order valence-electron chi connectivity index (χ3n) is 2.42. The number of rotatable bonds is 3. The molecule has 1 heterocycles. The van der Waals surface area contributed by atoms with Crippen LogP contribution in [0.4, 0.5) is 11.4 Å². The molecule has 0 saturated heterocycles. The first-order valence-electron chi connectivity index (χ1n) is 5.26. The van der Waals surface area contributed by atoms with Gasteiger partial charge in [0.15, 0.2) is 0 Å². The van der Waals surface area contributed by atoms with Crippen LogP contribution >= 0.6 is 15.9 Å². The summed E-state index contributed by atoms with van der Waals surface area (Å²) in [5.41, 5.74) is 1.71. The molecule has 5 nitrogen and oxygen atoms in total. The molecule has 0 unspecified atom stereocenters. The minimum absolute atomic E-state index is 0.0822. The minimum atomic E-state index is -1.06. The first-order valence-corrected chi connectivity index (χ1v) is 6.05. The van der Waals surface area contributed by atoms with E-state index in [1.54, 1.807) is 24.3 Å². The Morgan fingerprint density at radius 3 is 2.79 bits per heavy atom. The van der Waals surface area contributed by atoms with Gasteiger partial charge in [0.05, 0.1) is 23.0 Å². The van der Waals surface area contributed by atoms with E-state index < -0.39 is 5.97 Å². The number of hydrogen-bond donors (Lipinski definition) is 2. The Morgan fingerprint density at radius 1 is 1.37 bits per heavy atom. The van der Waals surface area contributed by atoms with Crippen LogP contribution in [-0.4, -0.2) is 16.1 Å². The van der Waals surface area contributed by atoms with Crippen LogP contribution in [0.1, 0.15) is 15.9 Å². The lowest BCUT2D eigenvalue weighted by molar-refractivity contribution is 0.0697. The molecule has 1 aromatic carbocycles. The Kier molecular flexibility index (Phi) is 3.78. The van der Waals surface area contributed by atoms with Gasteiger partial charge in [-0.1, -0.05) is 0 Å². The average molecular weight is 318 g/mol. The van der Waals surface area contributed by atoms with Crippen molar-refractivity contribution in [2.75, 3.05) is 5.32 Å². The number of carboxylic acids is 1. The number of nitriles is 1. The van der Waals surface area contributed by atoms with Crippen molar-refractivity contribution in [3.05, 3.63) is 52.3 Å². The zero-order valence-electron chi connectivity index (χ0n) is 9.59. The maximum Gasteiger partial charge on any atom is 0.339 e. The average Bonchev–Trinajstić information content (AvgIpc) is 2.41. The molecule has 94 valence electrons. The number of aromatic carboxylic acids is 1. The molecule has 0 saturated carbocycles. The normalized spacial score (nSPS) is 9.68. The Hall–Kier alpha value is -2.39. The van der Waals surface area contributed by atoms with Crippen molar-refractivity contribution >= 4 is 33.3 Å². The number of carboxylic acid groups (broad SMARTS) is 1. The fourth-order valence-electron chi connectivity index (χ4n) is 1.50. The van der Waals surface area contributed by atoms with Crippen molar-refractivity contribution in [2.24, 2.45) is 0 Å². The molecule has 0 aliphatic carbocycles. The standard InChI is InChI=1S/C13H8BrN3O2/c14-10-5-8(6-15)1-2-12(10)17-11-3-4-16-7-9(11)13(18)19/h1-5,7H,(H,16,17)(H,18,19). The number of halogens is 1. The predicted octanol–water partition coefficient (Wildman–Crippen LogP) is 3.16. The summed E-state index contributed by atoms with van der Waals surface area (Å²) in [5.74, 6) is -1.06. The van der Waals surface area contributed by atoms with E-state index >= 15 is 0 Å². The number of nitrogens with zero attached hydrogens (tertiary/aromatic N) is 2. The third-order valence-corrected chi connectivity index (χ3v) is 3.08. The monoisotopic (exact) mass is 317 g/mol. The molecule has 2 aromatic rings. The maximum atomic E-state index is 11.1. The Bertz CT molecular complexity index is 680. The Morgan fingerprint density at radius 2 is 2.16 bits per heavy atom. The van der Waals surface area contributed by atoms with Crippen molar-refractivity contribution in [1.29, 1.82) is 5.26 Å². The predicted molar refractivity (Wildman–Crippen MR) is 73.3 cm³/mol. The highest BCUT2D eigenvalue weighted by atomic mass is 79.9. The van der Waals surface area contributed by atoms with Gasteiger partial charge in [-0.2, -0.15) is 5.26 Å². The summed E-state index contributed by atoms with van der Waals surface area (Å²) >= 11 is 3.33. The van der Waals surface area contributed by atoms with Crippen molar-refractivity contribution in [3.63, 3.8) is 0 Å². The number of nitrogens with one attached hydrogen (secondary N) is 1. The van der Waals surface area contributed by atoms with Gasteiger partial charge < -0.3 is 10.4 Å². The van der Waals surface area contributed by atoms with Crippen LogP contribution in [0.2, 0.25) is 0 Å². The smallest absolute Gasteiger partial charge is 0.339 e. The van der Waals surface area contributed by atoms with E-state index in [1.807, 2.05) is 6.07 Å². The summed E-state index contributed by atoms with van der Waals surface area (Å²) in [5, 5.41) is 20.8. The molecule has 0 fully saturated rings. The fourth-order valence-corrected chi connectivity index (χ4v) is 1.98. The van der Waals surface area contributed by atoms with Crippen LogP contribution < -0.4 is 5.32 Å².